The molecule has 1 rings (SSSR count). The maximum atomic E-state index is 12.6. The second-order valence-electron chi connectivity index (χ2n) is 2.36. The Kier molecular flexibility index (Phi) is 3.71. The predicted octanol–water partition coefficient (Wildman–Crippen LogP) is 2.99. The molecule has 0 bridgehead atoms. The van der Waals surface area contributed by atoms with Crippen LogP contribution in [0.3, 0.4) is 0 Å². The van der Waals surface area contributed by atoms with Crippen LogP contribution in [0.15, 0.2) is 30.4 Å². The molecule has 0 aliphatic rings. The van der Waals surface area contributed by atoms with E-state index < -0.39 is 0 Å². The Hall–Kier alpha value is -1.09. The van der Waals surface area contributed by atoms with Crippen LogP contribution in [0.2, 0.25) is 5.02 Å². The first kappa shape index (κ1) is 9.99. The molecule has 0 unspecified atom stereocenters. The van der Waals surface area contributed by atoms with Crippen molar-refractivity contribution in [3.05, 3.63) is 35.4 Å². The van der Waals surface area contributed by atoms with Gasteiger partial charge in [-0.1, -0.05) is 17.7 Å². The fraction of sp³-hybridized carbons (Fsp3) is 0.222. The molecule has 0 saturated heterocycles. The Morgan fingerprint density at radius 2 is 2.46 bits per heavy atom. The van der Waals surface area contributed by atoms with Crippen LogP contribution in [0.25, 0.3) is 0 Å². The number of halogens is 2. The van der Waals surface area contributed by atoms with Crippen molar-refractivity contribution in [2.24, 2.45) is 0 Å². The van der Waals surface area contributed by atoms with Crippen LogP contribution < -0.4 is 4.74 Å². The highest BCUT2D eigenvalue weighted by atomic mass is 35.5. The van der Waals surface area contributed by atoms with Gasteiger partial charge in [0, 0.05) is 12.3 Å². The third-order valence-corrected chi connectivity index (χ3v) is 1.58. The minimum absolute atomic E-state index is 0.0848. The summed E-state index contributed by atoms with van der Waals surface area (Å²) in [6.45, 7) is 1.52. The number of hydrogen-bond donors (Lipinski definition) is 0. The lowest BCUT2D eigenvalue weighted by molar-refractivity contribution is 0.317. The van der Waals surface area contributed by atoms with Crippen LogP contribution in [0.5, 0.6) is 5.75 Å². The highest BCUT2D eigenvalue weighted by Gasteiger charge is 1.97. The van der Waals surface area contributed by atoms with Crippen molar-refractivity contribution in [3.63, 3.8) is 0 Å². The zero-order chi connectivity index (χ0) is 9.68. The lowest BCUT2D eigenvalue weighted by Gasteiger charge is -2.03. The molecule has 4 heteroatoms. The molecule has 0 aliphatic carbocycles. The number of nitrogens with zero attached hydrogens (tertiary/aromatic N) is 1. The van der Waals surface area contributed by atoms with Crippen molar-refractivity contribution in [2.45, 2.75) is 6.92 Å². The second-order valence-corrected chi connectivity index (χ2v) is 2.80. The second kappa shape index (κ2) is 4.82. The summed E-state index contributed by atoms with van der Waals surface area (Å²) in [5.74, 6) is 0.143. The van der Waals surface area contributed by atoms with Gasteiger partial charge in [0.2, 0.25) is 0 Å². The molecule has 0 radical (unpaired) electrons. The van der Waals surface area contributed by atoms with Gasteiger partial charge in [0.05, 0.1) is 11.2 Å². The number of ether oxygens (including phenoxy) is 1. The topological polar surface area (TPSA) is 22.1 Å². The first-order chi connectivity index (χ1) is 6.22. The summed E-state index contributed by atoms with van der Waals surface area (Å²) < 4.78 is 17.7. The van der Waals surface area contributed by atoms with Gasteiger partial charge in [0.15, 0.2) is 0 Å². The monoisotopic (exact) mass is 201 g/mol. The van der Waals surface area contributed by atoms with Crippen molar-refractivity contribution in [3.8, 4) is 5.75 Å². The molecule has 0 atom stereocenters. The van der Waals surface area contributed by atoms with E-state index in [1.54, 1.807) is 13.0 Å². The molecular weight excluding hydrogens is 193 g/mol. The maximum absolute atomic E-state index is 12.6. The van der Waals surface area contributed by atoms with Crippen molar-refractivity contribution in [1.82, 2.24) is 4.98 Å². The first-order valence-corrected chi connectivity index (χ1v) is 4.14. The van der Waals surface area contributed by atoms with E-state index in [-0.39, 0.29) is 12.4 Å². The lowest BCUT2D eigenvalue weighted by atomic mass is 10.4. The SMILES string of the molecule is CC=C(F)COc1cncc(Cl)c1. The van der Waals surface area contributed by atoms with E-state index >= 15 is 0 Å². The van der Waals surface area contributed by atoms with Gasteiger partial charge in [-0.15, -0.1) is 0 Å². The third-order valence-electron chi connectivity index (χ3n) is 1.37. The normalized spacial score (nSPS) is 11.5. The molecule has 0 saturated carbocycles. The zero-order valence-corrected chi connectivity index (χ0v) is 7.88. The van der Waals surface area contributed by atoms with Crippen molar-refractivity contribution < 1.29 is 9.13 Å². The predicted molar refractivity (Wildman–Crippen MR) is 49.6 cm³/mol. The first-order valence-electron chi connectivity index (χ1n) is 3.76. The average Bonchev–Trinajstić information content (AvgIpc) is 2.14. The van der Waals surface area contributed by atoms with Gasteiger partial charge in [-0.2, -0.15) is 0 Å². The van der Waals surface area contributed by atoms with Crippen molar-refractivity contribution in [1.29, 1.82) is 0 Å². The number of allylic oxidation sites excluding steroid dienone is 1. The van der Waals surface area contributed by atoms with E-state index in [2.05, 4.69) is 4.98 Å². The molecule has 0 amide bonds. The molecule has 0 spiro atoms. The van der Waals surface area contributed by atoms with Gasteiger partial charge in [-0.25, -0.2) is 4.39 Å². The zero-order valence-electron chi connectivity index (χ0n) is 7.13. The van der Waals surface area contributed by atoms with E-state index in [1.165, 1.54) is 18.5 Å². The van der Waals surface area contributed by atoms with Gasteiger partial charge in [0.25, 0.3) is 0 Å². The number of hydrogen-bond acceptors (Lipinski definition) is 2. The fourth-order valence-corrected chi connectivity index (χ4v) is 0.871. The van der Waals surface area contributed by atoms with E-state index in [0.717, 1.165) is 0 Å². The standard InChI is InChI=1S/C9H9ClFNO/c1-2-8(11)6-13-9-3-7(10)4-12-5-9/h2-5H,6H2,1H3. The summed E-state index contributed by atoms with van der Waals surface area (Å²) in [6, 6.07) is 1.58. The summed E-state index contributed by atoms with van der Waals surface area (Å²) in [4.78, 5) is 3.79. The van der Waals surface area contributed by atoms with Gasteiger partial charge >= 0.3 is 0 Å². The van der Waals surface area contributed by atoms with Crippen LogP contribution in [0, 0.1) is 0 Å². The maximum Gasteiger partial charge on any atom is 0.139 e. The van der Waals surface area contributed by atoms with Gasteiger partial charge in [-0.3, -0.25) is 4.98 Å². The number of pyridine rings is 1. The highest BCUT2D eigenvalue weighted by molar-refractivity contribution is 6.30. The quantitative estimate of drug-likeness (QED) is 0.750. The largest absolute Gasteiger partial charge is 0.485 e. The highest BCUT2D eigenvalue weighted by Crippen LogP contribution is 2.15. The smallest absolute Gasteiger partial charge is 0.139 e. The van der Waals surface area contributed by atoms with Gasteiger partial charge in [-0.05, 0) is 6.92 Å². The van der Waals surface area contributed by atoms with Crippen LogP contribution in [0.1, 0.15) is 6.92 Å². The van der Waals surface area contributed by atoms with E-state index in [0.29, 0.717) is 10.8 Å². The summed E-state index contributed by atoms with van der Waals surface area (Å²) >= 11 is 5.64. The minimum atomic E-state index is -0.319. The van der Waals surface area contributed by atoms with Crippen molar-refractivity contribution in [2.75, 3.05) is 6.61 Å². The molecule has 0 aliphatic heterocycles. The van der Waals surface area contributed by atoms with Gasteiger partial charge in [0.1, 0.15) is 18.2 Å². The molecule has 1 aromatic heterocycles. The Balaban J connectivity index is 2.55. The Bertz CT molecular complexity index is 314. The molecule has 1 aromatic rings. The van der Waals surface area contributed by atoms with Crippen LogP contribution >= 0.6 is 11.6 Å². The molecule has 0 N–H and O–H groups in total. The van der Waals surface area contributed by atoms with E-state index in [9.17, 15) is 4.39 Å². The molecule has 1 heterocycles. The van der Waals surface area contributed by atoms with Crippen LogP contribution in [-0.2, 0) is 0 Å². The molecule has 0 aromatic carbocycles. The Morgan fingerprint density at radius 1 is 1.69 bits per heavy atom. The summed E-state index contributed by atoms with van der Waals surface area (Å²) in [7, 11) is 0. The molecule has 13 heavy (non-hydrogen) atoms. The molecular formula is C9H9ClFNO. The Morgan fingerprint density at radius 3 is 3.08 bits per heavy atom. The lowest BCUT2D eigenvalue weighted by Crippen LogP contribution is -1.97. The van der Waals surface area contributed by atoms with Crippen LogP contribution in [-0.4, -0.2) is 11.6 Å². The molecule has 0 fully saturated rings. The summed E-state index contributed by atoms with van der Waals surface area (Å²) in [5.41, 5.74) is 0. The minimum Gasteiger partial charge on any atom is -0.485 e. The molecule has 2 nitrogen and oxygen atoms in total. The van der Waals surface area contributed by atoms with E-state index in [4.69, 9.17) is 16.3 Å². The summed E-state index contributed by atoms with van der Waals surface area (Å²) in [5, 5.41) is 0.471. The number of rotatable bonds is 3. The molecule has 70 valence electrons. The number of aromatic nitrogens is 1. The average molecular weight is 202 g/mol. The summed E-state index contributed by atoms with van der Waals surface area (Å²) in [6.07, 6.45) is 4.31. The van der Waals surface area contributed by atoms with Gasteiger partial charge < -0.3 is 4.74 Å². The Labute approximate surface area is 81.0 Å². The van der Waals surface area contributed by atoms with Crippen LogP contribution in [0.4, 0.5) is 4.39 Å². The van der Waals surface area contributed by atoms with Crippen molar-refractivity contribution >= 4 is 11.6 Å². The van der Waals surface area contributed by atoms with E-state index in [1.807, 2.05) is 0 Å². The fourth-order valence-electron chi connectivity index (χ4n) is 0.707. The third kappa shape index (κ3) is 3.42.